The van der Waals surface area contributed by atoms with E-state index in [1.54, 1.807) is 18.2 Å². The third-order valence-electron chi connectivity index (χ3n) is 4.08. The Labute approximate surface area is 191 Å². The molecule has 3 rings (SSSR count). The molecule has 0 aliphatic carbocycles. The maximum Gasteiger partial charge on any atom is 0.248 e. The van der Waals surface area contributed by atoms with Gasteiger partial charge in [-0.2, -0.15) is 0 Å². The first-order valence-corrected chi connectivity index (χ1v) is 10.6. The summed E-state index contributed by atoms with van der Waals surface area (Å²) in [5, 5.41) is 6.49. The molecule has 1 aromatic heterocycles. The van der Waals surface area contributed by atoms with Gasteiger partial charge in [0.2, 0.25) is 5.91 Å². The van der Waals surface area contributed by atoms with Gasteiger partial charge in [0.25, 0.3) is 0 Å². The number of aromatic nitrogens is 2. The Bertz CT molecular complexity index is 1110. The molecule has 0 spiro atoms. The number of amides is 1. The normalized spacial score (nSPS) is 11.1. The quantitative estimate of drug-likeness (QED) is 0.296. The van der Waals surface area contributed by atoms with Crippen LogP contribution in [0.25, 0.3) is 10.9 Å². The van der Waals surface area contributed by atoms with E-state index < -0.39 is 5.82 Å². The van der Waals surface area contributed by atoms with Gasteiger partial charge in [-0.15, -0.1) is 0 Å². The minimum atomic E-state index is -0.515. The van der Waals surface area contributed by atoms with Gasteiger partial charge in [-0.1, -0.05) is 27.5 Å². The number of ether oxygens (including phenoxy) is 2. The van der Waals surface area contributed by atoms with Gasteiger partial charge in [-0.25, -0.2) is 14.4 Å². The second kappa shape index (κ2) is 11.0. The molecule has 0 atom stereocenters. The summed E-state index contributed by atoms with van der Waals surface area (Å²) in [4.78, 5) is 22.1. The molecule has 0 unspecified atom stereocenters. The first kappa shape index (κ1) is 22.9. The molecular weight excluding hydrogens is 491 g/mol. The number of carbonyl (C=O) groups is 1. The number of fused-ring (bicyclic) bond motifs is 1. The summed E-state index contributed by atoms with van der Waals surface area (Å²) in [6.45, 7) is 3.19. The van der Waals surface area contributed by atoms with Gasteiger partial charge in [0, 0.05) is 29.8 Å². The molecule has 10 heteroatoms. The van der Waals surface area contributed by atoms with Crippen molar-refractivity contribution in [1.82, 2.24) is 9.97 Å². The van der Waals surface area contributed by atoms with E-state index in [1.165, 1.54) is 29.5 Å². The third-order valence-corrected chi connectivity index (χ3v) is 4.63. The summed E-state index contributed by atoms with van der Waals surface area (Å²) in [7, 11) is 0. The van der Waals surface area contributed by atoms with E-state index in [0.717, 1.165) is 0 Å². The molecule has 162 valence electrons. The van der Waals surface area contributed by atoms with E-state index in [4.69, 9.17) is 21.1 Å². The Hall–Kier alpha value is -2.75. The van der Waals surface area contributed by atoms with E-state index in [0.29, 0.717) is 53.7 Å². The smallest absolute Gasteiger partial charge is 0.248 e. The van der Waals surface area contributed by atoms with Gasteiger partial charge in [0.05, 0.1) is 22.8 Å². The van der Waals surface area contributed by atoms with Gasteiger partial charge in [0.1, 0.15) is 30.3 Å². The van der Waals surface area contributed by atoms with Crippen molar-refractivity contribution in [1.29, 1.82) is 0 Å². The SMILES string of the molecule is CCOCCOc1cc2ncnc(Nc3ccc(F)c(Cl)c3)c2cc1NC(=O)C=CBr. The topological polar surface area (TPSA) is 85.4 Å². The zero-order chi connectivity index (χ0) is 22.2. The van der Waals surface area contributed by atoms with E-state index >= 15 is 0 Å². The second-order valence-electron chi connectivity index (χ2n) is 6.17. The van der Waals surface area contributed by atoms with Crippen LogP contribution in [0.1, 0.15) is 6.92 Å². The number of carbonyl (C=O) groups excluding carboxylic acids is 1. The zero-order valence-corrected chi connectivity index (χ0v) is 18.8. The van der Waals surface area contributed by atoms with Gasteiger partial charge in [-0.05, 0) is 36.2 Å². The number of rotatable bonds is 9. The van der Waals surface area contributed by atoms with Crippen molar-refractivity contribution in [3.63, 3.8) is 0 Å². The van der Waals surface area contributed by atoms with Crippen LogP contribution in [0.5, 0.6) is 5.75 Å². The molecule has 0 saturated carbocycles. The molecule has 0 bridgehead atoms. The number of nitrogens with zero attached hydrogens (tertiary/aromatic N) is 2. The first-order valence-electron chi connectivity index (χ1n) is 9.31. The Kier molecular flexibility index (Phi) is 8.16. The van der Waals surface area contributed by atoms with E-state index in [9.17, 15) is 9.18 Å². The minimum absolute atomic E-state index is 0.0112. The van der Waals surface area contributed by atoms with Crippen LogP contribution >= 0.6 is 27.5 Å². The Morgan fingerprint density at radius 1 is 1.26 bits per heavy atom. The molecule has 2 aromatic carbocycles. The van der Waals surface area contributed by atoms with E-state index in [2.05, 4.69) is 36.5 Å². The maximum absolute atomic E-state index is 13.5. The standard InChI is InChI=1S/C21H19BrClFN4O3/c1-2-30-7-8-31-19-11-17-14(10-18(19)28-20(29)5-6-22)21(26-12-25-17)27-13-3-4-16(24)15(23)9-13/h3-6,9-12H,2,7-8H2,1H3,(H,28,29)(H,25,26,27). The summed E-state index contributed by atoms with van der Waals surface area (Å²) in [6.07, 6.45) is 2.72. The van der Waals surface area contributed by atoms with Crippen molar-refractivity contribution in [2.45, 2.75) is 6.92 Å². The van der Waals surface area contributed by atoms with Crippen LogP contribution in [-0.2, 0) is 9.53 Å². The van der Waals surface area contributed by atoms with Gasteiger partial charge < -0.3 is 20.1 Å². The molecule has 0 saturated heterocycles. The lowest BCUT2D eigenvalue weighted by Gasteiger charge is -2.15. The predicted octanol–water partition coefficient (Wildman–Crippen LogP) is 5.43. The highest BCUT2D eigenvalue weighted by Gasteiger charge is 2.13. The third kappa shape index (κ3) is 6.13. The van der Waals surface area contributed by atoms with Crippen molar-refractivity contribution in [2.24, 2.45) is 0 Å². The molecule has 31 heavy (non-hydrogen) atoms. The Morgan fingerprint density at radius 3 is 2.84 bits per heavy atom. The largest absolute Gasteiger partial charge is 0.489 e. The fourth-order valence-corrected chi connectivity index (χ4v) is 3.12. The summed E-state index contributed by atoms with van der Waals surface area (Å²) in [6, 6.07) is 7.68. The van der Waals surface area contributed by atoms with Crippen LogP contribution in [0.2, 0.25) is 5.02 Å². The molecule has 0 radical (unpaired) electrons. The van der Waals surface area contributed by atoms with Crippen molar-refractivity contribution in [2.75, 3.05) is 30.5 Å². The lowest BCUT2D eigenvalue weighted by Crippen LogP contribution is -2.12. The van der Waals surface area contributed by atoms with Crippen LogP contribution < -0.4 is 15.4 Å². The molecule has 7 nitrogen and oxygen atoms in total. The van der Waals surface area contributed by atoms with Crippen LogP contribution in [0.4, 0.5) is 21.6 Å². The van der Waals surface area contributed by atoms with E-state index in [1.807, 2.05) is 6.92 Å². The molecule has 0 fully saturated rings. The van der Waals surface area contributed by atoms with Gasteiger partial charge in [0.15, 0.2) is 0 Å². The lowest BCUT2D eigenvalue weighted by atomic mass is 10.1. The highest BCUT2D eigenvalue weighted by molar-refractivity contribution is 9.11. The number of hydrogen-bond acceptors (Lipinski definition) is 6. The first-order chi connectivity index (χ1) is 15.0. The molecule has 0 aliphatic heterocycles. The molecule has 1 heterocycles. The summed E-state index contributed by atoms with van der Waals surface area (Å²) in [5.74, 6) is 0.0408. The number of halogens is 3. The maximum atomic E-state index is 13.5. The van der Waals surface area contributed by atoms with Crippen LogP contribution in [0.3, 0.4) is 0 Å². The molecular formula is C21H19BrClFN4O3. The van der Waals surface area contributed by atoms with Gasteiger partial charge in [-0.3, -0.25) is 4.79 Å². The van der Waals surface area contributed by atoms with E-state index in [-0.39, 0.29) is 10.9 Å². The lowest BCUT2D eigenvalue weighted by molar-refractivity contribution is -0.111. The zero-order valence-electron chi connectivity index (χ0n) is 16.5. The predicted molar refractivity (Wildman–Crippen MR) is 123 cm³/mol. The number of nitrogens with one attached hydrogen (secondary N) is 2. The summed E-state index contributed by atoms with van der Waals surface area (Å²) < 4.78 is 24.6. The van der Waals surface area contributed by atoms with Crippen molar-refractivity contribution < 1.29 is 18.7 Å². The second-order valence-corrected chi connectivity index (χ2v) is 7.10. The van der Waals surface area contributed by atoms with Gasteiger partial charge >= 0.3 is 0 Å². The van der Waals surface area contributed by atoms with Crippen molar-refractivity contribution in [3.8, 4) is 5.75 Å². The number of anilines is 3. The Balaban J connectivity index is 1.98. The fraction of sp³-hybridized carbons (Fsp3) is 0.190. The number of benzene rings is 2. The average molecular weight is 510 g/mol. The summed E-state index contributed by atoms with van der Waals surface area (Å²) >= 11 is 8.95. The average Bonchev–Trinajstić information content (AvgIpc) is 2.74. The van der Waals surface area contributed by atoms with Crippen LogP contribution in [0, 0.1) is 5.82 Å². The molecule has 0 aliphatic rings. The van der Waals surface area contributed by atoms with Crippen LogP contribution in [0.15, 0.2) is 47.7 Å². The van der Waals surface area contributed by atoms with Crippen molar-refractivity contribution >= 4 is 61.5 Å². The molecule has 1 amide bonds. The minimum Gasteiger partial charge on any atom is -0.489 e. The molecule has 3 aromatic rings. The highest BCUT2D eigenvalue weighted by atomic mass is 79.9. The Morgan fingerprint density at radius 2 is 2.10 bits per heavy atom. The monoisotopic (exact) mass is 508 g/mol. The fourth-order valence-electron chi connectivity index (χ4n) is 2.70. The summed E-state index contributed by atoms with van der Waals surface area (Å²) in [5.41, 5.74) is 1.58. The highest BCUT2D eigenvalue weighted by Crippen LogP contribution is 2.34. The number of hydrogen-bond donors (Lipinski definition) is 2. The van der Waals surface area contributed by atoms with Crippen molar-refractivity contribution in [3.05, 3.63) is 58.6 Å². The van der Waals surface area contributed by atoms with Crippen LogP contribution in [-0.4, -0.2) is 35.7 Å². The molecule has 2 N–H and O–H groups in total.